The summed E-state index contributed by atoms with van der Waals surface area (Å²) in [6.07, 6.45) is -2.69. The number of fused-ring (bicyclic) bond motifs is 1. The largest absolute Gasteiger partial charge is 0.414 e. The molecule has 0 aliphatic carbocycles. The van der Waals surface area contributed by atoms with E-state index in [9.17, 15) is 26.7 Å². The highest BCUT2D eigenvalue weighted by Gasteiger charge is 2.45. The number of hydrogen-bond donors (Lipinski definition) is 3. The van der Waals surface area contributed by atoms with E-state index in [2.05, 4.69) is 15.3 Å². The van der Waals surface area contributed by atoms with Crippen molar-refractivity contribution in [3.8, 4) is 0 Å². The number of nitrogens with zero attached hydrogens (tertiary/aromatic N) is 3. The first kappa shape index (κ1) is 20.3. The van der Waals surface area contributed by atoms with Gasteiger partial charge in [-0.1, -0.05) is 0 Å². The van der Waals surface area contributed by atoms with Crippen LogP contribution >= 0.6 is 0 Å². The zero-order valence-electron chi connectivity index (χ0n) is 15.1. The molecule has 0 unspecified atom stereocenters. The van der Waals surface area contributed by atoms with Gasteiger partial charge < -0.3 is 20.9 Å². The first-order valence-corrected chi connectivity index (χ1v) is 8.14. The SMILES string of the molecule is Cc1c([C@@H](NC(=O)Nc2cnc(N)nc2)C(F)(F)F)n(C)c2c(F)cc(F)cc12. The lowest BCUT2D eigenvalue weighted by molar-refractivity contribution is -0.156. The van der Waals surface area contributed by atoms with Crippen molar-refractivity contribution in [2.24, 2.45) is 7.05 Å². The highest BCUT2D eigenvalue weighted by Crippen LogP contribution is 2.38. The van der Waals surface area contributed by atoms with E-state index in [1.54, 1.807) is 0 Å². The molecule has 1 atom stereocenters. The number of nitrogen functional groups attached to an aromatic ring is 1. The van der Waals surface area contributed by atoms with Crippen LogP contribution < -0.4 is 16.4 Å². The maximum Gasteiger partial charge on any atom is 0.414 e. The number of rotatable bonds is 3. The van der Waals surface area contributed by atoms with Crippen molar-refractivity contribution < 1.29 is 26.7 Å². The molecule has 1 aromatic carbocycles. The van der Waals surface area contributed by atoms with Crippen molar-refractivity contribution in [3.63, 3.8) is 0 Å². The fourth-order valence-corrected chi connectivity index (χ4v) is 3.12. The van der Waals surface area contributed by atoms with Gasteiger partial charge in [-0.15, -0.1) is 0 Å². The predicted molar refractivity (Wildman–Crippen MR) is 95.0 cm³/mol. The maximum absolute atomic E-state index is 14.2. The van der Waals surface area contributed by atoms with Gasteiger partial charge in [-0.25, -0.2) is 23.5 Å². The lowest BCUT2D eigenvalue weighted by Gasteiger charge is -2.23. The fraction of sp³-hybridized carbons (Fsp3) is 0.235. The van der Waals surface area contributed by atoms with Gasteiger partial charge >= 0.3 is 12.2 Å². The minimum Gasteiger partial charge on any atom is -0.368 e. The predicted octanol–water partition coefficient (Wildman–Crippen LogP) is 3.56. The summed E-state index contributed by atoms with van der Waals surface area (Å²) in [6, 6.07) is -2.17. The number of carbonyl (C=O) groups excluding carboxylic acids is 1. The molecular formula is C17H15F5N6O. The lowest BCUT2D eigenvalue weighted by atomic mass is 10.1. The van der Waals surface area contributed by atoms with Crippen molar-refractivity contribution in [1.82, 2.24) is 19.9 Å². The number of halogens is 5. The van der Waals surface area contributed by atoms with Crippen molar-refractivity contribution in [3.05, 3.63) is 47.4 Å². The maximum atomic E-state index is 14.2. The molecule has 0 fully saturated rings. The molecule has 2 aromatic heterocycles. The number of nitrogens with two attached hydrogens (primary N) is 1. The second-order valence-corrected chi connectivity index (χ2v) is 6.26. The van der Waals surface area contributed by atoms with Gasteiger partial charge in [0, 0.05) is 18.5 Å². The van der Waals surface area contributed by atoms with Gasteiger partial charge in [-0.2, -0.15) is 13.2 Å². The number of aromatic nitrogens is 3. The highest BCUT2D eigenvalue weighted by molar-refractivity contribution is 5.90. The highest BCUT2D eigenvalue weighted by atomic mass is 19.4. The number of hydrogen-bond acceptors (Lipinski definition) is 4. The Hall–Kier alpha value is -3.44. The molecule has 154 valence electrons. The number of alkyl halides is 3. The number of nitrogens with one attached hydrogen (secondary N) is 2. The van der Waals surface area contributed by atoms with E-state index < -0.39 is 35.6 Å². The van der Waals surface area contributed by atoms with Crippen LogP contribution in [0.15, 0.2) is 24.5 Å². The quantitative estimate of drug-likeness (QED) is 0.571. The Labute approximate surface area is 160 Å². The van der Waals surface area contributed by atoms with E-state index in [1.165, 1.54) is 14.0 Å². The average molecular weight is 414 g/mol. The summed E-state index contributed by atoms with van der Waals surface area (Å²) in [5.41, 5.74) is 4.67. The molecule has 0 aliphatic rings. The molecule has 3 aromatic rings. The molecule has 0 saturated carbocycles. The van der Waals surface area contributed by atoms with E-state index in [1.807, 2.05) is 5.32 Å². The lowest BCUT2D eigenvalue weighted by Crippen LogP contribution is -2.41. The van der Waals surface area contributed by atoms with Crippen molar-refractivity contribution in [2.75, 3.05) is 11.1 Å². The topological polar surface area (TPSA) is 97.9 Å². The van der Waals surface area contributed by atoms with Crippen LogP contribution in [0.3, 0.4) is 0 Å². The molecule has 0 spiro atoms. The molecule has 2 heterocycles. The van der Waals surface area contributed by atoms with Crippen molar-refractivity contribution in [1.29, 1.82) is 0 Å². The van der Waals surface area contributed by atoms with Crippen LogP contribution in [0.2, 0.25) is 0 Å². The van der Waals surface area contributed by atoms with Crippen LogP contribution in [0.4, 0.5) is 38.4 Å². The first-order chi connectivity index (χ1) is 13.5. The zero-order chi connectivity index (χ0) is 21.5. The first-order valence-electron chi connectivity index (χ1n) is 8.14. The normalized spacial score (nSPS) is 12.8. The number of urea groups is 1. The Morgan fingerprint density at radius 1 is 1.21 bits per heavy atom. The average Bonchev–Trinajstić information content (AvgIpc) is 2.85. The number of aryl methyl sites for hydroxylation is 2. The molecule has 7 nitrogen and oxygen atoms in total. The Morgan fingerprint density at radius 2 is 1.83 bits per heavy atom. The molecule has 0 bridgehead atoms. The van der Waals surface area contributed by atoms with Gasteiger partial charge in [-0.3, -0.25) is 0 Å². The molecule has 12 heteroatoms. The van der Waals surface area contributed by atoms with Gasteiger partial charge in [-0.05, 0) is 18.6 Å². The third-order valence-corrected chi connectivity index (χ3v) is 4.32. The second-order valence-electron chi connectivity index (χ2n) is 6.26. The molecule has 4 N–H and O–H groups in total. The van der Waals surface area contributed by atoms with Crippen LogP contribution in [0, 0.1) is 18.6 Å². The zero-order valence-corrected chi connectivity index (χ0v) is 15.1. The fourth-order valence-electron chi connectivity index (χ4n) is 3.12. The van der Waals surface area contributed by atoms with Crippen LogP contribution in [-0.4, -0.2) is 26.7 Å². The van der Waals surface area contributed by atoms with E-state index in [0.717, 1.165) is 23.0 Å². The number of amides is 2. The Balaban J connectivity index is 2.01. The third-order valence-electron chi connectivity index (χ3n) is 4.32. The Kier molecular flexibility index (Phi) is 5.03. The van der Waals surface area contributed by atoms with E-state index in [-0.39, 0.29) is 28.1 Å². The summed E-state index contributed by atoms with van der Waals surface area (Å²) in [7, 11) is 1.21. The third kappa shape index (κ3) is 3.91. The van der Waals surface area contributed by atoms with E-state index >= 15 is 0 Å². The van der Waals surface area contributed by atoms with Gasteiger partial charge in [0.1, 0.15) is 11.6 Å². The Morgan fingerprint density at radius 3 is 2.41 bits per heavy atom. The summed E-state index contributed by atoms with van der Waals surface area (Å²) >= 11 is 0. The molecular weight excluding hydrogens is 399 g/mol. The van der Waals surface area contributed by atoms with Gasteiger partial charge in [0.2, 0.25) is 5.95 Å². The summed E-state index contributed by atoms with van der Waals surface area (Å²) in [5, 5.41) is 3.95. The van der Waals surface area contributed by atoms with Crippen LogP contribution in [0.25, 0.3) is 10.9 Å². The van der Waals surface area contributed by atoms with Crippen LogP contribution in [0.1, 0.15) is 17.3 Å². The molecule has 0 radical (unpaired) electrons. The van der Waals surface area contributed by atoms with E-state index in [4.69, 9.17) is 5.73 Å². The second kappa shape index (κ2) is 7.18. The minimum atomic E-state index is -4.92. The van der Waals surface area contributed by atoms with Crippen LogP contribution in [0.5, 0.6) is 0 Å². The standard InChI is InChI=1S/C17H15F5N6O/c1-7-10-3-8(18)4-11(19)13(10)28(2)12(7)14(17(20,21)22)27-16(29)26-9-5-24-15(23)25-6-9/h3-6,14H,1-2H3,(H2,23,24,25)(H2,26,27,29)/t14-/m1/s1. The van der Waals surface area contributed by atoms with Gasteiger partial charge in [0.15, 0.2) is 6.04 Å². The number of carbonyl (C=O) groups is 1. The number of anilines is 2. The summed E-state index contributed by atoms with van der Waals surface area (Å²) in [6.45, 7) is 1.29. The van der Waals surface area contributed by atoms with Crippen molar-refractivity contribution in [2.45, 2.75) is 19.1 Å². The molecule has 0 aliphatic heterocycles. The summed E-state index contributed by atoms with van der Waals surface area (Å²) in [4.78, 5) is 19.4. The van der Waals surface area contributed by atoms with Crippen molar-refractivity contribution >= 4 is 28.6 Å². The van der Waals surface area contributed by atoms with Crippen LogP contribution in [-0.2, 0) is 7.05 Å². The summed E-state index contributed by atoms with van der Waals surface area (Å²) < 4.78 is 70.0. The smallest absolute Gasteiger partial charge is 0.368 e. The Bertz CT molecular complexity index is 1080. The van der Waals surface area contributed by atoms with Gasteiger partial charge in [0.05, 0.1) is 29.3 Å². The van der Waals surface area contributed by atoms with E-state index in [0.29, 0.717) is 6.07 Å². The molecule has 3 rings (SSSR count). The minimum absolute atomic E-state index is 0.0134. The molecule has 29 heavy (non-hydrogen) atoms. The molecule has 2 amide bonds. The monoisotopic (exact) mass is 414 g/mol. The number of benzene rings is 1. The van der Waals surface area contributed by atoms with Gasteiger partial charge in [0.25, 0.3) is 0 Å². The molecule has 0 saturated heterocycles. The summed E-state index contributed by atoms with van der Waals surface area (Å²) in [5.74, 6) is -2.02.